The van der Waals surface area contributed by atoms with E-state index in [9.17, 15) is 0 Å². The van der Waals surface area contributed by atoms with Gasteiger partial charge in [0.2, 0.25) is 0 Å². The Morgan fingerprint density at radius 2 is 2.06 bits per heavy atom. The van der Waals surface area contributed by atoms with Gasteiger partial charge in [-0.1, -0.05) is 6.92 Å². The molecule has 1 aliphatic heterocycles. The van der Waals surface area contributed by atoms with Gasteiger partial charge in [0, 0.05) is 24.3 Å². The highest BCUT2D eigenvalue weighted by Gasteiger charge is 2.14. The van der Waals surface area contributed by atoms with Crippen LogP contribution >= 0.6 is 0 Å². The van der Waals surface area contributed by atoms with E-state index in [1.165, 1.54) is 43.7 Å². The molecule has 2 rings (SSSR count). The van der Waals surface area contributed by atoms with Gasteiger partial charge < -0.3 is 10.2 Å². The van der Waals surface area contributed by atoms with Crippen LogP contribution in [0.1, 0.15) is 36.7 Å². The number of nitrogens with zero attached hydrogens (tertiary/aromatic N) is 2. The molecule has 0 unspecified atom stereocenters. The molecule has 0 saturated carbocycles. The first kappa shape index (κ1) is 13.6. The van der Waals surface area contributed by atoms with E-state index >= 15 is 0 Å². The summed E-state index contributed by atoms with van der Waals surface area (Å²) >= 11 is 0. The van der Waals surface area contributed by atoms with Crippen molar-refractivity contribution >= 4 is 0 Å². The second-order valence-electron chi connectivity index (χ2n) is 5.66. The summed E-state index contributed by atoms with van der Waals surface area (Å²) in [5.74, 6) is 0.718. The lowest BCUT2D eigenvalue weighted by Crippen LogP contribution is -2.31. The minimum absolute atomic E-state index is 0.718. The van der Waals surface area contributed by atoms with Gasteiger partial charge in [-0.3, -0.25) is 5.10 Å². The Morgan fingerprint density at radius 3 is 2.67 bits per heavy atom. The van der Waals surface area contributed by atoms with Crippen molar-refractivity contribution in [2.45, 2.75) is 40.2 Å². The first-order chi connectivity index (χ1) is 8.66. The van der Waals surface area contributed by atoms with Crippen molar-refractivity contribution in [2.24, 2.45) is 5.92 Å². The third kappa shape index (κ3) is 3.56. The molecule has 1 fully saturated rings. The number of hydrogen-bond donors (Lipinski definition) is 2. The highest BCUT2D eigenvalue weighted by Crippen LogP contribution is 2.11. The summed E-state index contributed by atoms with van der Waals surface area (Å²) in [5.41, 5.74) is 3.63. The predicted octanol–water partition coefficient (Wildman–Crippen LogP) is 1.85. The number of hydrogen-bond acceptors (Lipinski definition) is 3. The summed E-state index contributed by atoms with van der Waals surface area (Å²) in [6.45, 7) is 12.3. The first-order valence-electron chi connectivity index (χ1n) is 7.10. The average Bonchev–Trinajstić information content (AvgIpc) is 2.93. The lowest BCUT2D eigenvalue weighted by Gasteiger charge is -2.20. The maximum atomic E-state index is 4.22. The topological polar surface area (TPSA) is 44.0 Å². The van der Waals surface area contributed by atoms with Crippen LogP contribution in [-0.2, 0) is 6.54 Å². The van der Waals surface area contributed by atoms with Gasteiger partial charge in [0.15, 0.2) is 0 Å². The smallest absolute Gasteiger partial charge is 0.0638 e. The van der Waals surface area contributed by atoms with E-state index in [0.29, 0.717) is 0 Å². The number of aromatic nitrogens is 2. The molecule has 0 bridgehead atoms. The summed E-state index contributed by atoms with van der Waals surface area (Å²) in [6.07, 6.45) is 2.76. The molecular formula is C14H26N4. The van der Waals surface area contributed by atoms with Crippen molar-refractivity contribution in [3.8, 4) is 0 Å². The minimum Gasteiger partial charge on any atom is -0.312 e. The molecule has 18 heavy (non-hydrogen) atoms. The van der Waals surface area contributed by atoms with E-state index in [-0.39, 0.29) is 0 Å². The molecular weight excluding hydrogens is 224 g/mol. The van der Waals surface area contributed by atoms with Crippen LogP contribution in [-0.4, -0.2) is 41.3 Å². The Labute approximate surface area is 110 Å². The van der Waals surface area contributed by atoms with E-state index in [4.69, 9.17) is 0 Å². The molecule has 0 aromatic carbocycles. The Morgan fingerprint density at radius 1 is 1.33 bits per heavy atom. The highest BCUT2D eigenvalue weighted by atomic mass is 15.1. The van der Waals surface area contributed by atoms with Crippen molar-refractivity contribution in [3.63, 3.8) is 0 Å². The molecule has 102 valence electrons. The molecule has 0 aliphatic carbocycles. The van der Waals surface area contributed by atoms with Crippen LogP contribution in [0.2, 0.25) is 0 Å². The predicted molar refractivity (Wildman–Crippen MR) is 74.6 cm³/mol. The Balaban J connectivity index is 1.68. The standard InChI is InChI=1S/C14H26N4/c1-11(10-18-6-4-5-7-18)8-15-9-14-12(2)16-17-13(14)3/h11,15H,4-10H2,1-3H3,(H,16,17)/t11-/m1/s1. The summed E-state index contributed by atoms with van der Waals surface area (Å²) in [7, 11) is 0. The van der Waals surface area contributed by atoms with Gasteiger partial charge in [-0.15, -0.1) is 0 Å². The summed E-state index contributed by atoms with van der Waals surface area (Å²) in [5, 5.41) is 10.8. The van der Waals surface area contributed by atoms with Crippen molar-refractivity contribution in [2.75, 3.05) is 26.2 Å². The first-order valence-corrected chi connectivity index (χ1v) is 7.10. The van der Waals surface area contributed by atoms with Crippen LogP contribution in [0.25, 0.3) is 0 Å². The van der Waals surface area contributed by atoms with E-state index in [1.54, 1.807) is 0 Å². The fourth-order valence-electron chi connectivity index (χ4n) is 2.75. The maximum absolute atomic E-state index is 4.22. The van der Waals surface area contributed by atoms with E-state index in [1.807, 2.05) is 0 Å². The summed E-state index contributed by atoms with van der Waals surface area (Å²) in [4.78, 5) is 2.58. The quantitative estimate of drug-likeness (QED) is 0.810. The van der Waals surface area contributed by atoms with Crippen LogP contribution in [0.5, 0.6) is 0 Å². The van der Waals surface area contributed by atoms with Crippen molar-refractivity contribution in [3.05, 3.63) is 17.0 Å². The van der Waals surface area contributed by atoms with Gasteiger partial charge in [0.05, 0.1) is 5.69 Å². The van der Waals surface area contributed by atoms with Gasteiger partial charge in [0.1, 0.15) is 0 Å². The normalized spacial score (nSPS) is 18.4. The SMILES string of the molecule is Cc1n[nH]c(C)c1CNC[C@@H](C)CN1CCCC1. The van der Waals surface area contributed by atoms with Crippen molar-refractivity contribution in [1.82, 2.24) is 20.4 Å². The third-order valence-electron chi connectivity index (χ3n) is 3.84. The molecule has 1 atom stereocenters. The van der Waals surface area contributed by atoms with Crippen molar-refractivity contribution in [1.29, 1.82) is 0 Å². The van der Waals surface area contributed by atoms with E-state index < -0.39 is 0 Å². The molecule has 2 heterocycles. The minimum atomic E-state index is 0.718. The van der Waals surface area contributed by atoms with Crippen LogP contribution in [0, 0.1) is 19.8 Å². The van der Waals surface area contributed by atoms with Crippen LogP contribution < -0.4 is 5.32 Å². The highest BCUT2D eigenvalue weighted by molar-refractivity contribution is 5.22. The number of aryl methyl sites for hydroxylation is 2. The van der Waals surface area contributed by atoms with Crippen LogP contribution in [0.3, 0.4) is 0 Å². The number of likely N-dealkylation sites (tertiary alicyclic amines) is 1. The average molecular weight is 250 g/mol. The van der Waals surface area contributed by atoms with Gasteiger partial charge in [-0.05, 0) is 52.2 Å². The summed E-state index contributed by atoms with van der Waals surface area (Å²) in [6, 6.07) is 0. The van der Waals surface area contributed by atoms with Crippen LogP contribution in [0.15, 0.2) is 0 Å². The number of nitrogens with one attached hydrogen (secondary N) is 2. The zero-order chi connectivity index (χ0) is 13.0. The molecule has 1 aromatic heterocycles. The zero-order valence-electron chi connectivity index (χ0n) is 11.9. The Hall–Kier alpha value is -0.870. The van der Waals surface area contributed by atoms with Gasteiger partial charge in [0.25, 0.3) is 0 Å². The fraction of sp³-hybridized carbons (Fsp3) is 0.786. The van der Waals surface area contributed by atoms with E-state index in [2.05, 4.69) is 41.2 Å². The molecule has 4 nitrogen and oxygen atoms in total. The Bertz CT molecular complexity index is 346. The molecule has 1 aromatic rings. The van der Waals surface area contributed by atoms with Crippen molar-refractivity contribution < 1.29 is 0 Å². The monoisotopic (exact) mass is 250 g/mol. The number of rotatable bonds is 6. The van der Waals surface area contributed by atoms with Gasteiger partial charge in [-0.25, -0.2) is 0 Å². The molecule has 1 aliphatic rings. The van der Waals surface area contributed by atoms with E-state index in [0.717, 1.165) is 24.7 Å². The van der Waals surface area contributed by atoms with Gasteiger partial charge >= 0.3 is 0 Å². The Kier molecular flexibility index (Phi) is 4.78. The lowest BCUT2D eigenvalue weighted by molar-refractivity contribution is 0.282. The second-order valence-corrected chi connectivity index (χ2v) is 5.66. The second kappa shape index (κ2) is 6.34. The third-order valence-corrected chi connectivity index (χ3v) is 3.84. The maximum Gasteiger partial charge on any atom is 0.0638 e. The number of aromatic amines is 1. The lowest BCUT2D eigenvalue weighted by atomic mass is 10.1. The molecule has 0 radical (unpaired) electrons. The largest absolute Gasteiger partial charge is 0.312 e. The number of H-pyrrole nitrogens is 1. The molecule has 4 heteroatoms. The molecule has 1 saturated heterocycles. The fourth-order valence-corrected chi connectivity index (χ4v) is 2.75. The van der Waals surface area contributed by atoms with Crippen LogP contribution in [0.4, 0.5) is 0 Å². The molecule has 0 amide bonds. The van der Waals surface area contributed by atoms with Gasteiger partial charge in [-0.2, -0.15) is 5.10 Å². The summed E-state index contributed by atoms with van der Waals surface area (Å²) < 4.78 is 0. The zero-order valence-corrected chi connectivity index (χ0v) is 11.9. The molecule has 0 spiro atoms. The molecule has 2 N–H and O–H groups in total.